The zero-order valence-corrected chi connectivity index (χ0v) is 74.5. The summed E-state index contributed by atoms with van der Waals surface area (Å²) in [5.74, 6) is 5.14. The number of aryl methyl sites for hydroxylation is 3. The molecule has 0 saturated carbocycles. The van der Waals surface area contributed by atoms with E-state index in [4.69, 9.17) is 24.9 Å². The number of nitrogens with zero attached hydrogens (tertiary/aromatic N) is 28. The molecule has 20 rings (SSSR count). The first-order chi connectivity index (χ1) is 60.6. The van der Waals surface area contributed by atoms with Gasteiger partial charge < -0.3 is 60.5 Å². The first-order valence-corrected chi connectivity index (χ1v) is 43.9. The summed E-state index contributed by atoms with van der Waals surface area (Å²) in [6, 6.07) is 29.9. The molecule has 0 bridgehead atoms. The molecule has 0 aliphatic carbocycles. The van der Waals surface area contributed by atoms with Crippen LogP contribution in [0.1, 0.15) is 110 Å². The summed E-state index contributed by atoms with van der Waals surface area (Å²) < 4.78 is 8.06. The second kappa shape index (κ2) is 36.8. The average Bonchev–Trinajstić information content (AvgIpc) is 1.70. The molecule has 16 heterocycles. The van der Waals surface area contributed by atoms with Gasteiger partial charge in [0.15, 0.2) is 0 Å². The predicted molar refractivity (Wildman–Crippen MR) is 505 cm³/mol. The van der Waals surface area contributed by atoms with E-state index in [1.165, 1.54) is 28.2 Å². The highest BCUT2D eigenvalue weighted by molar-refractivity contribution is 6.06. The molecule has 0 unspecified atom stereocenters. The quantitative estimate of drug-likeness (QED) is 0.0620. The van der Waals surface area contributed by atoms with Crippen LogP contribution in [0.3, 0.4) is 0 Å². The number of fused-ring (bicyclic) bond motifs is 12. The molecule has 4 aromatic carbocycles. The minimum absolute atomic E-state index is 0.250. The molecule has 4 saturated heterocycles. The van der Waals surface area contributed by atoms with E-state index in [0.29, 0.717) is 23.8 Å². The van der Waals surface area contributed by atoms with Gasteiger partial charge in [0.2, 0.25) is 23.8 Å². The molecule has 646 valence electrons. The van der Waals surface area contributed by atoms with E-state index in [9.17, 15) is 0 Å². The maximum absolute atomic E-state index is 4.83. The van der Waals surface area contributed by atoms with Crippen LogP contribution < -0.4 is 40.9 Å². The van der Waals surface area contributed by atoms with Crippen molar-refractivity contribution in [3.05, 3.63) is 170 Å². The van der Waals surface area contributed by atoms with Crippen molar-refractivity contribution in [1.29, 1.82) is 0 Å². The summed E-state index contributed by atoms with van der Waals surface area (Å²) in [6.45, 7) is 47.0. The molecule has 32 nitrogen and oxygen atoms in total. The fraction of sp³-hybridized carbons (Fsp3) is 0.398. The summed E-state index contributed by atoms with van der Waals surface area (Å²) >= 11 is 0. The number of likely N-dealkylation sites (N-methyl/N-ethyl adjacent to an activating group) is 4. The van der Waals surface area contributed by atoms with Gasteiger partial charge >= 0.3 is 0 Å². The van der Waals surface area contributed by atoms with Gasteiger partial charge in [-0.15, -0.1) is 0 Å². The van der Waals surface area contributed by atoms with Crippen LogP contribution in [0, 0.1) is 20.8 Å². The summed E-state index contributed by atoms with van der Waals surface area (Å²) in [5, 5.41) is 39.6. The summed E-state index contributed by atoms with van der Waals surface area (Å²) in [4.78, 5) is 75.3. The Kier molecular flexibility index (Phi) is 24.8. The van der Waals surface area contributed by atoms with Gasteiger partial charge in [-0.2, -0.15) is 20.4 Å². The third-order valence-corrected chi connectivity index (χ3v) is 24.2. The number of rotatable bonds is 18. The van der Waals surface area contributed by atoms with E-state index in [1.807, 2.05) is 123 Å². The van der Waals surface area contributed by atoms with Gasteiger partial charge in [0.05, 0.1) is 93.9 Å². The Hall–Kier alpha value is -13.0. The molecule has 0 spiro atoms. The van der Waals surface area contributed by atoms with Crippen LogP contribution in [0.25, 0.3) is 87.2 Å². The second-order valence-electron chi connectivity index (χ2n) is 34.1. The Morgan fingerprint density at radius 2 is 0.592 bits per heavy atom. The number of aromatic nitrogens is 20. The van der Waals surface area contributed by atoms with E-state index in [-0.39, 0.29) is 24.2 Å². The SMILES string of the molecule is CCN1CCN(c2ccc(Nc3ncc4ccc5cnn(C(C)C)c5c4n3)nc2)CC1.CCN1CCN(c2cnc(Nc3ncc4ccc5cnn(C(C)C)c5c4n3)cc2C)CC1.Cc1cc(Nc2ncc3ccc4cnn(C(C)C)c4c3n2)ncc1N1CCN(C)CC1.Cc1nc(Nc2ncc3ccc4cnn(C(C)C)c4c3n2)ccc1N1CCN(C)CC1. The highest BCUT2D eigenvalue weighted by Gasteiger charge is 2.25. The lowest BCUT2D eigenvalue weighted by Crippen LogP contribution is -2.46. The van der Waals surface area contributed by atoms with Crippen LogP contribution >= 0.6 is 0 Å². The third-order valence-electron chi connectivity index (χ3n) is 24.2. The molecule has 125 heavy (non-hydrogen) atoms. The van der Waals surface area contributed by atoms with Gasteiger partial charge in [0.25, 0.3) is 0 Å². The van der Waals surface area contributed by atoms with Crippen molar-refractivity contribution in [2.75, 3.05) is 173 Å². The fourth-order valence-corrected chi connectivity index (χ4v) is 17.0. The Labute approximate surface area is 728 Å². The van der Waals surface area contributed by atoms with Crippen molar-refractivity contribution in [2.24, 2.45) is 0 Å². The number of piperazine rings is 4. The highest BCUT2D eigenvalue weighted by Crippen LogP contribution is 2.35. The molecule has 4 aliphatic rings. The maximum atomic E-state index is 4.83. The molecule has 16 aromatic rings. The minimum atomic E-state index is 0.250. The third kappa shape index (κ3) is 18.3. The van der Waals surface area contributed by atoms with Gasteiger partial charge in [0, 0.05) is 197 Å². The molecule has 4 fully saturated rings. The second-order valence-corrected chi connectivity index (χ2v) is 34.1. The summed E-state index contributed by atoms with van der Waals surface area (Å²) in [7, 11) is 4.34. The lowest BCUT2D eigenvalue weighted by molar-refractivity contribution is 0.271. The first kappa shape index (κ1) is 84.2. The lowest BCUT2D eigenvalue weighted by atomic mass is 10.2. The monoisotopic (exact) mass is 1680 g/mol. The topological polar surface area (TPSA) is 300 Å². The summed E-state index contributed by atoms with van der Waals surface area (Å²) in [5.41, 5.74) is 15.9. The minimum Gasteiger partial charge on any atom is -0.368 e. The Bertz CT molecular complexity index is 6280. The van der Waals surface area contributed by atoms with Crippen molar-refractivity contribution in [3.63, 3.8) is 0 Å². The van der Waals surface area contributed by atoms with E-state index < -0.39 is 0 Å². The number of anilines is 12. The number of hydrogen-bond donors (Lipinski definition) is 4. The zero-order chi connectivity index (χ0) is 86.7. The van der Waals surface area contributed by atoms with Gasteiger partial charge in [0.1, 0.15) is 45.3 Å². The van der Waals surface area contributed by atoms with E-state index in [2.05, 4.69) is 268 Å². The molecular weight excluding hydrogens is 1570 g/mol. The maximum Gasteiger partial charge on any atom is 0.228 e. The fourth-order valence-electron chi connectivity index (χ4n) is 17.0. The van der Waals surface area contributed by atoms with Crippen molar-refractivity contribution in [3.8, 4) is 0 Å². The molecule has 4 aliphatic heterocycles. The van der Waals surface area contributed by atoms with Gasteiger partial charge in [-0.05, 0) is 151 Å². The Morgan fingerprint density at radius 1 is 0.288 bits per heavy atom. The lowest BCUT2D eigenvalue weighted by Gasteiger charge is -2.36. The van der Waals surface area contributed by atoms with Gasteiger partial charge in [-0.25, -0.2) is 59.8 Å². The molecule has 4 N–H and O–H groups in total. The number of pyridine rings is 4. The molecule has 0 radical (unpaired) electrons. The normalized spacial score (nSPS) is 15.3. The smallest absolute Gasteiger partial charge is 0.228 e. The van der Waals surface area contributed by atoms with E-state index in [1.54, 1.807) is 0 Å². The number of benzene rings is 4. The standard InChI is InChI=1S/C24H30N8.3C23H28N8/c1-5-30-8-10-31(11-9-30)20-15-25-21(12-17(20)4)28-24-26-13-18-6-7-19-14-27-32(16(2)3)23(19)22(18)29-24;1-15(2)31-22-18(13-26-31)6-5-17-12-25-23(28-21(17)22)27-20-11-16(3)19(14-24-20)30-9-7-29(4)8-10-30;1-15(2)31-22-18(14-25-31)6-5-17-13-24-23(28-21(17)22)27-20-8-7-19(16(3)26-20)30-11-9-29(4)10-12-30;1-4-29-9-11-30(12-10-29)19-7-8-20(24-15-19)27-23-25-13-17-5-6-18-14-26-31(16(2)3)22(18)21(17)28-23/h6-7,12-16H,5,8-11H2,1-4H3,(H,25,26,28,29);5-6,11-15H,7-10H2,1-4H3,(H,24,25,27,28);5-8,13-15H,9-12H2,1-4H3,(H,24,26,27,28);5-8,13-16H,4,9-12H2,1-3H3,(H,24,25,27,28). The van der Waals surface area contributed by atoms with Crippen LogP contribution in [-0.2, 0) is 0 Å². The van der Waals surface area contributed by atoms with Crippen LogP contribution in [0.15, 0.2) is 153 Å². The van der Waals surface area contributed by atoms with Crippen LogP contribution in [0.4, 0.5) is 69.8 Å². The zero-order valence-electron chi connectivity index (χ0n) is 74.5. The van der Waals surface area contributed by atoms with Crippen LogP contribution in [0.2, 0.25) is 0 Å². The molecule has 0 amide bonds. The van der Waals surface area contributed by atoms with E-state index >= 15 is 0 Å². The molecule has 12 aromatic heterocycles. The van der Waals surface area contributed by atoms with Gasteiger partial charge in [-0.3, -0.25) is 18.7 Å². The Balaban J connectivity index is 0.000000118. The highest BCUT2D eigenvalue weighted by atomic mass is 15.3. The molecule has 32 heteroatoms. The summed E-state index contributed by atoms with van der Waals surface area (Å²) in [6.07, 6.45) is 20.8. The van der Waals surface area contributed by atoms with Crippen LogP contribution in [-0.4, -0.2) is 250 Å². The van der Waals surface area contributed by atoms with Crippen molar-refractivity contribution in [2.45, 2.75) is 114 Å². The van der Waals surface area contributed by atoms with E-state index in [0.717, 1.165) is 240 Å². The molecular formula is C93H114N32. The Morgan fingerprint density at radius 3 is 0.912 bits per heavy atom. The van der Waals surface area contributed by atoms with Crippen LogP contribution in [0.5, 0.6) is 0 Å². The van der Waals surface area contributed by atoms with Crippen molar-refractivity contribution in [1.82, 2.24) is 119 Å². The largest absolute Gasteiger partial charge is 0.368 e. The average molecular weight is 1680 g/mol. The van der Waals surface area contributed by atoms with Gasteiger partial charge in [-0.1, -0.05) is 62.4 Å². The van der Waals surface area contributed by atoms with Crippen molar-refractivity contribution < 1.29 is 0 Å². The first-order valence-electron chi connectivity index (χ1n) is 43.9. The predicted octanol–water partition coefficient (Wildman–Crippen LogP) is 15.5. The van der Waals surface area contributed by atoms with Crippen molar-refractivity contribution >= 4 is 157 Å². The molecule has 0 atom stereocenters. The number of hydrogen-bond acceptors (Lipinski definition) is 28. The number of nitrogens with one attached hydrogen (secondary N) is 4.